The van der Waals surface area contributed by atoms with Crippen LogP contribution in [0.4, 0.5) is 11.4 Å². The maximum absolute atomic E-state index is 13.2. The number of aliphatic imine (C=N–C) groups is 1. The Hall–Kier alpha value is -2.93. The summed E-state index contributed by atoms with van der Waals surface area (Å²) in [5.41, 5.74) is 2.90. The van der Waals surface area contributed by atoms with E-state index in [1.165, 1.54) is 36.7 Å². The molecule has 0 spiro atoms. The number of amides is 1. The Bertz CT molecular complexity index is 1070. The first-order valence-corrected chi connectivity index (χ1v) is 12.8. The predicted molar refractivity (Wildman–Crippen MR) is 141 cm³/mol. The van der Waals surface area contributed by atoms with Gasteiger partial charge in [-0.25, -0.2) is 4.99 Å². The van der Waals surface area contributed by atoms with Crippen molar-refractivity contribution in [2.24, 2.45) is 4.99 Å². The van der Waals surface area contributed by atoms with Crippen molar-refractivity contribution in [1.29, 1.82) is 0 Å². The largest absolute Gasteiger partial charge is 0.493 e. The monoisotopic (exact) mass is 479 g/mol. The molecule has 7 heteroatoms. The van der Waals surface area contributed by atoms with Crippen molar-refractivity contribution in [2.45, 2.75) is 46.1 Å². The molecule has 6 nitrogen and oxygen atoms in total. The number of thioether (sulfide) groups is 1. The average Bonchev–Trinajstić information content (AvgIpc) is 3.14. The Labute approximate surface area is 206 Å². The zero-order valence-corrected chi connectivity index (χ0v) is 21.2. The fraction of sp³-hybridized carbons (Fsp3) is 0.407. The van der Waals surface area contributed by atoms with Crippen molar-refractivity contribution in [3.63, 3.8) is 0 Å². The van der Waals surface area contributed by atoms with E-state index in [0.717, 1.165) is 24.3 Å². The van der Waals surface area contributed by atoms with Gasteiger partial charge >= 0.3 is 0 Å². The molecule has 0 unspecified atom stereocenters. The summed E-state index contributed by atoms with van der Waals surface area (Å²) >= 11 is 1.40. The molecule has 0 radical (unpaired) electrons. The van der Waals surface area contributed by atoms with Gasteiger partial charge in [0.2, 0.25) is 0 Å². The molecule has 2 aromatic rings. The lowest BCUT2D eigenvalue weighted by atomic mass is 10.1. The van der Waals surface area contributed by atoms with E-state index >= 15 is 0 Å². The summed E-state index contributed by atoms with van der Waals surface area (Å²) in [4.78, 5) is 22.7. The molecule has 2 fully saturated rings. The second-order valence-corrected chi connectivity index (χ2v) is 9.67. The van der Waals surface area contributed by atoms with E-state index in [9.17, 15) is 4.79 Å². The van der Waals surface area contributed by atoms with E-state index in [0.29, 0.717) is 28.1 Å². The lowest BCUT2D eigenvalue weighted by molar-refractivity contribution is -0.122. The maximum Gasteiger partial charge on any atom is 0.266 e. The molecule has 4 rings (SSSR count). The van der Waals surface area contributed by atoms with Crippen LogP contribution in [0.1, 0.15) is 45.6 Å². The van der Waals surface area contributed by atoms with E-state index in [1.807, 2.05) is 57.2 Å². The molecule has 0 aromatic heterocycles. The van der Waals surface area contributed by atoms with Gasteiger partial charge in [0.25, 0.3) is 5.91 Å². The zero-order chi connectivity index (χ0) is 24.1. The van der Waals surface area contributed by atoms with E-state index < -0.39 is 0 Å². The van der Waals surface area contributed by atoms with Crippen LogP contribution >= 0.6 is 11.8 Å². The molecule has 0 aliphatic carbocycles. The third-order valence-electron chi connectivity index (χ3n) is 5.87. The van der Waals surface area contributed by atoms with E-state index in [-0.39, 0.29) is 12.0 Å². The zero-order valence-electron chi connectivity index (χ0n) is 20.4. The standard InChI is InChI=1S/C27H33N3O3S/c1-5-30-26(31)24(18-20-10-9-11-23(32-4)25(20)33-19(2)3)34-27(30)28-21-12-14-22(15-13-21)29-16-7-6-8-17-29/h9-15,18-19H,5-8,16-17H2,1-4H3/b24-18-,28-27?. The molecule has 34 heavy (non-hydrogen) atoms. The minimum atomic E-state index is -0.0468. The number of carbonyl (C=O) groups excluding carboxylic acids is 1. The van der Waals surface area contributed by atoms with Crippen LogP contribution in [-0.2, 0) is 4.79 Å². The van der Waals surface area contributed by atoms with Gasteiger partial charge in [0.15, 0.2) is 16.7 Å². The number of nitrogens with zero attached hydrogens (tertiary/aromatic N) is 3. The van der Waals surface area contributed by atoms with E-state index in [4.69, 9.17) is 14.5 Å². The molecular weight excluding hydrogens is 446 g/mol. The van der Waals surface area contributed by atoms with Crippen LogP contribution in [-0.4, -0.2) is 48.8 Å². The van der Waals surface area contributed by atoms with Crippen molar-refractivity contribution >= 4 is 40.3 Å². The third-order valence-corrected chi connectivity index (χ3v) is 6.88. The third kappa shape index (κ3) is 5.41. The number of benzene rings is 2. The first-order valence-electron chi connectivity index (χ1n) is 12.0. The topological polar surface area (TPSA) is 54.4 Å². The Morgan fingerprint density at radius 1 is 1.09 bits per heavy atom. The van der Waals surface area contributed by atoms with E-state index in [2.05, 4.69) is 17.0 Å². The molecule has 2 heterocycles. The quantitative estimate of drug-likeness (QED) is 0.449. The molecule has 0 bridgehead atoms. The Kier molecular flexibility index (Phi) is 7.83. The Morgan fingerprint density at radius 2 is 1.82 bits per heavy atom. The van der Waals surface area contributed by atoms with Gasteiger partial charge in [-0.2, -0.15) is 0 Å². The number of carbonyl (C=O) groups is 1. The predicted octanol–water partition coefficient (Wildman–Crippen LogP) is 6.10. The van der Waals surface area contributed by atoms with Gasteiger partial charge in [0, 0.05) is 30.9 Å². The van der Waals surface area contributed by atoms with Crippen molar-refractivity contribution in [1.82, 2.24) is 4.90 Å². The first kappa shape index (κ1) is 24.2. The number of ether oxygens (including phenoxy) is 2. The van der Waals surface area contributed by atoms with Gasteiger partial charge in [0.05, 0.1) is 23.8 Å². The molecule has 0 saturated carbocycles. The molecule has 2 aliphatic rings. The van der Waals surface area contributed by atoms with Gasteiger partial charge in [-0.15, -0.1) is 0 Å². The number of anilines is 1. The Morgan fingerprint density at radius 3 is 2.47 bits per heavy atom. The van der Waals surface area contributed by atoms with Crippen molar-refractivity contribution in [3.05, 3.63) is 52.9 Å². The lowest BCUT2D eigenvalue weighted by Crippen LogP contribution is -2.29. The highest BCUT2D eigenvalue weighted by molar-refractivity contribution is 8.18. The molecule has 2 aliphatic heterocycles. The van der Waals surface area contributed by atoms with Crippen molar-refractivity contribution in [2.75, 3.05) is 31.6 Å². The van der Waals surface area contributed by atoms with Crippen LogP contribution in [0.5, 0.6) is 11.5 Å². The molecule has 2 saturated heterocycles. The average molecular weight is 480 g/mol. The smallest absolute Gasteiger partial charge is 0.266 e. The van der Waals surface area contributed by atoms with E-state index in [1.54, 1.807) is 12.0 Å². The number of amidine groups is 1. The highest BCUT2D eigenvalue weighted by Crippen LogP contribution is 2.38. The van der Waals surface area contributed by atoms with Crippen LogP contribution in [0.2, 0.25) is 0 Å². The van der Waals surface area contributed by atoms with Gasteiger partial charge in [-0.05, 0) is 88.2 Å². The minimum Gasteiger partial charge on any atom is -0.493 e. The second kappa shape index (κ2) is 11.0. The minimum absolute atomic E-state index is 0.0162. The van der Waals surface area contributed by atoms with Gasteiger partial charge in [0.1, 0.15) is 0 Å². The number of methoxy groups -OCH3 is 1. The van der Waals surface area contributed by atoms with Gasteiger partial charge in [-0.3, -0.25) is 9.69 Å². The van der Waals surface area contributed by atoms with Crippen LogP contribution < -0.4 is 14.4 Å². The molecular formula is C27H33N3O3S. The fourth-order valence-electron chi connectivity index (χ4n) is 4.18. The summed E-state index contributed by atoms with van der Waals surface area (Å²) in [6.07, 6.45) is 5.67. The molecule has 0 atom stereocenters. The second-order valence-electron chi connectivity index (χ2n) is 8.66. The van der Waals surface area contributed by atoms with Crippen LogP contribution in [0.15, 0.2) is 52.4 Å². The molecule has 180 valence electrons. The summed E-state index contributed by atoms with van der Waals surface area (Å²) in [6, 6.07) is 14.0. The van der Waals surface area contributed by atoms with Gasteiger partial charge in [-0.1, -0.05) is 12.1 Å². The van der Waals surface area contributed by atoms with Crippen molar-refractivity contribution in [3.8, 4) is 11.5 Å². The fourth-order valence-corrected chi connectivity index (χ4v) is 5.23. The Balaban J connectivity index is 1.60. The summed E-state index contributed by atoms with van der Waals surface area (Å²) in [5.74, 6) is 1.24. The SMILES string of the molecule is CCN1C(=O)/C(=C/c2cccc(OC)c2OC(C)C)SC1=Nc1ccc(N2CCCCC2)cc1. The van der Waals surface area contributed by atoms with Crippen molar-refractivity contribution < 1.29 is 14.3 Å². The summed E-state index contributed by atoms with van der Waals surface area (Å²) in [5, 5.41) is 0.693. The molecule has 1 amide bonds. The number of para-hydroxylation sites is 1. The number of hydrogen-bond donors (Lipinski definition) is 0. The summed E-state index contributed by atoms with van der Waals surface area (Å²) < 4.78 is 11.5. The maximum atomic E-state index is 13.2. The first-order chi connectivity index (χ1) is 16.5. The number of likely N-dealkylation sites (N-methyl/N-ethyl adjacent to an activating group) is 1. The van der Waals surface area contributed by atoms with Crippen LogP contribution in [0, 0.1) is 0 Å². The van der Waals surface area contributed by atoms with Crippen LogP contribution in [0.25, 0.3) is 6.08 Å². The highest BCUT2D eigenvalue weighted by Gasteiger charge is 2.32. The summed E-state index contributed by atoms with van der Waals surface area (Å²) in [7, 11) is 1.62. The summed E-state index contributed by atoms with van der Waals surface area (Å²) in [6.45, 7) is 8.69. The molecule has 2 aromatic carbocycles. The lowest BCUT2D eigenvalue weighted by Gasteiger charge is -2.28. The van der Waals surface area contributed by atoms with Gasteiger partial charge < -0.3 is 14.4 Å². The number of hydrogen-bond acceptors (Lipinski definition) is 6. The highest BCUT2D eigenvalue weighted by atomic mass is 32.2. The molecule has 0 N–H and O–H groups in total. The number of piperidine rings is 1. The normalized spacial score (nSPS) is 18.9. The van der Waals surface area contributed by atoms with Crippen LogP contribution in [0.3, 0.4) is 0 Å². The number of rotatable bonds is 7.